The Morgan fingerprint density at radius 3 is 2.94 bits per heavy atom. The van der Waals surface area contributed by atoms with Gasteiger partial charge >= 0.3 is 0 Å². The second-order valence-electron chi connectivity index (χ2n) is 3.54. The van der Waals surface area contributed by atoms with E-state index in [-0.39, 0.29) is 0 Å². The number of hydrogen-bond donors (Lipinski definition) is 1. The van der Waals surface area contributed by atoms with Crippen molar-refractivity contribution >= 4 is 43.2 Å². The Bertz CT molecular complexity index is 495. The van der Waals surface area contributed by atoms with Gasteiger partial charge in [0.25, 0.3) is 0 Å². The summed E-state index contributed by atoms with van der Waals surface area (Å²) in [6, 6.07) is 2.04. The minimum atomic E-state index is 0.736. The molecule has 0 aliphatic rings. The molecule has 0 aliphatic carbocycles. The number of nitrogens with zero attached hydrogens (tertiary/aromatic N) is 1. The minimum Gasteiger partial charge on any atom is -0.443 e. The molecule has 2 rings (SSSR count). The second kappa shape index (κ2) is 6.13. The lowest BCUT2D eigenvalue weighted by molar-refractivity contribution is 0.569. The number of rotatable bonds is 5. The molecular formula is C11H12Br2N2OS. The van der Waals surface area contributed by atoms with Crippen LogP contribution in [0.1, 0.15) is 19.0 Å². The zero-order chi connectivity index (χ0) is 12.3. The topological polar surface area (TPSA) is 38.1 Å². The van der Waals surface area contributed by atoms with Crippen molar-refractivity contribution in [1.82, 2.24) is 10.3 Å². The standard InChI is InChI=1S/C11H12Br2N2OS/c1-2-3-14-5-8-10(16-6-15-8)7-4-9(12)17-11(7)13/h4,6,14H,2-3,5H2,1H3. The fourth-order valence-corrected chi connectivity index (χ4v) is 4.29. The van der Waals surface area contributed by atoms with Gasteiger partial charge in [0.1, 0.15) is 5.69 Å². The molecule has 2 aromatic heterocycles. The van der Waals surface area contributed by atoms with Crippen molar-refractivity contribution < 1.29 is 4.42 Å². The molecule has 2 aromatic rings. The molecule has 0 unspecified atom stereocenters. The molecule has 6 heteroatoms. The van der Waals surface area contributed by atoms with Crippen LogP contribution in [0.15, 0.2) is 24.4 Å². The summed E-state index contributed by atoms with van der Waals surface area (Å²) in [7, 11) is 0. The molecule has 0 radical (unpaired) electrons. The zero-order valence-corrected chi connectivity index (χ0v) is 13.3. The summed E-state index contributed by atoms with van der Waals surface area (Å²) in [4.78, 5) is 4.25. The van der Waals surface area contributed by atoms with Gasteiger partial charge in [0.2, 0.25) is 0 Å². The van der Waals surface area contributed by atoms with Gasteiger partial charge in [0.15, 0.2) is 12.2 Å². The van der Waals surface area contributed by atoms with Crippen molar-refractivity contribution in [2.45, 2.75) is 19.9 Å². The first kappa shape index (κ1) is 13.3. The van der Waals surface area contributed by atoms with Crippen LogP contribution in [-0.2, 0) is 6.54 Å². The van der Waals surface area contributed by atoms with Gasteiger partial charge in [-0.05, 0) is 50.9 Å². The maximum Gasteiger partial charge on any atom is 0.181 e. The molecule has 0 bridgehead atoms. The van der Waals surface area contributed by atoms with Gasteiger partial charge in [0, 0.05) is 12.1 Å². The van der Waals surface area contributed by atoms with Crippen LogP contribution in [0.25, 0.3) is 11.3 Å². The third-order valence-electron chi connectivity index (χ3n) is 2.26. The summed E-state index contributed by atoms with van der Waals surface area (Å²) in [5, 5.41) is 3.33. The van der Waals surface area contributed by atoms with Crippen LogP contribution in [0.3, 0.4) is 0 Å². The Morgan fingerprint density at radius 2 is 2.29 bits per heavy atom. The zero-order valence-electron chi connectivity index (χ0n) is 9.30. The normalized spacial score (nSPS) is 11.0. The van der Waals surface area contributed by atoms with Crippen LogP contribution in [0.4, 0.5) is 0 Å². The number of halogens is 2. The van der Waals surface area contributed by atoms with Crippen LogP contribution in [0.2, 0.25) is 0 Å². The fourth-order valence-electron chi connectivity index (χ4n) is 1.49. The van der Waals surface area contributed by atoms with Crippen molar-refractivity contribution in [1.29, 1.82) is 0 Å². The number of hydrogen-bond acceptors (Lipinski definition) is 4. The molecule has 17 heavy (non-hydrogen) atoms. The lowest BCUT2D eigenvalue weighted by Gasteiger charge is -2.01. The molecule has 0 aliphatic heterocycles. The van der Waals surface area contributed by atoms with E-state index in [9.17, 15) is 0 Å². The minimum absolute atomic E-state index is 0.736. The lowest BCUT2D eigenvalue weighted by Crippen LogP contribution is -2.14. The molecule has 1 N–H and O–H groups in total. The van der Waals surface area contributed by atoms with E-state index >= 15 is 0 Å². The molecule has 0 atom stereocenters. The molecule has 0 spiro atoms. The van der Waals surface area contributed by atoms with Gasteiger partial charge in [-0.15, -0.1) is 11.3 Å². The third-order valence-corrected chi connectivity index (χ3v) is 4.60. The van der Waals surface area contributed by atoms with Gasteiger partial charge in [-0.25, -0.2) is 4.98 Å². The van der Waals surface area contributed by atoms with E-state index in [4.69, 9.17) is 4.42 Å². The van der Waals surface area contributed by atoms with Crippen LogP contribution < -0.4 is 5.32 Å². The van der Waals surface area contributed by atoms with E-state index < -0.39 is 0 Å². The maximum atomic E-state index is 5.48. The van der Waals surface area contributed by atoms with Crippen molar-refractivity contribution in [3.63, 3.8) is 0 Å². The smallest absolute Gasteiger partial charge is 0.181 e. The Kier molecular flexibility index (Phi) is 4.78. The van der Waals surface area contributed by atoms with Crippen molar-refractivity contribution in [2.75, 3.05) is 6.54 Å². The highest BCUT2D eigenvalue weighted by molar-refractivity contribution is 9.12. The molecule has 0 saturated carbocycles. The molecule has 0 aromatic carbocycles. The summed E-state index contributed by atoms with van der Waals surface area (Å²) in [5.41, 5.74) is 2.00. The number of aromatic nitrogens is 1. The van der Waals surface area contributed by atoms with Crippen molar-refractivity contribution in [3.8, 4) is 11.3 Å². The molecule has 3 nitrogen and oxygen atoms in total. The van der Waals surface area contributed by atoms with Gasteiger partial charge < -0.3 is 9.73 Å². The summed E-state index contributed by atoms with van der Waals surface area (Å²) >= 11 is 8.63. The van der Waals surface area contributed by atoms with Gasteiger partial charge in [-0.2, -0.15) is 0 Å². The first-order valence-electron chi connectivity index (χ1n) is 5.30. The highest BCUT2D eigenvalue weighted by Crippen LogP contribution is 2.39. The highest BCUT2D eigenvalue weighted by Gasteiger charge is 2.15. The van der Waals surface area contributed by atoms with E-state index in [2.05, 4.69) is 49.1 Å². The number of oxazole rings is 1. The maximum absolute atomic E-state index is 5.48. The SMILES string of the molecule is CCCNCc1ncoc1-c1cc(Br)sc1Br. The second-order valence-corrected chi connectivity index (χ2v) is 7.29. The Labute approximate surface area is 121 Å². The molecule has 92 valence electrons. The van der Waals surface area contributed by atoms with Crippen LogP contribution in [0, 0.1) is 0 Å². The Morgan fingerprint density at radius 1 is 1.47 bits per heavy atom. The largest absolute Gasteiger partial charge is 0.443 e. The summed E-state index contributed by atoms with van der Waals surface area (Å²) < 4.78 is 7.61. The quantitative estimate of drug-likeness (QED) is 0.781. The predicted octanol–water partition coefficient (Wildman–Crippen LogP) is 4.43. The molecule has 0 saturated heterocycles. The van der Waals surface area contributed by atoms with E-state index in [1.54, 1.807) is 11.3 Å². The monoisotopic (exact) mass is 378 g/mol. The van der Waals surface area contributed by atoms with E-state index in [0.29, 0.717) is 0 Å². The van der Waals surface area contributed by atoms with E-state index in [0.717, 1.165) is 44.1 Å². The average molecular weight is 380 g/mol. The highest BCUT2D eigenvalue weighted by atomic mass is 79.9. The average Bonchev–Trinajstić information content (AvgIpc) is 2.85. The van der Waals surface area contributed by atoms with Gasteiger partial charge in [0.05, 0.1) is 7.57 Å². The van der Waals surface area contributed by atoms with Crippen LogP contribution in [-0.4, -0.2) is 11.5 Å². The summed E-state index contributed by atoms with van der Waals surface area (Å²) in [6.07, 6.45) is 2.61. The van der Waals surface area contributed by atoms with Crippen LogP contribution >= 0.6 is 43.2 Å². The molecule has 2 heterocycles. The first-order valence-corrected chi connectivity index (χ1v) is 7.71. The Balaban J connectivity index is 2.21. The lowest BCUT2D eigenvalue weighted by atomic mass is 10.2. The first-order chi connectivity index (χ1) is 8.22. The number of nitrogens with one attached hydrogen (secondary N) is 1. The predicted molar refractivity (Wildman–Crippen MR) is 77.2 cm³/mol. The van der Waals surface area contributed by atoms with Gasteiger partial charge in [-0.1, -0.05) is 6.92 Å². The van der Waals surface area contributed by atoms with Crippen molar-refractivity contribution in [2.24, 2.45) is 0 Å². The van der Waals surface area contributed by atoms with Crippen LogP contribution in [0.5, 0.6) is 0 Å². The van der Waals surface area contributed by atoms with Crippen molar-refractivity contribution in [3.05, 3.63) is 25.7 Å². The number of thiophene rings is 1. The van der Waals surface area contributed by atoms with Gasteiger partial charge in [-0.3, -0.25) is 0 Å². The van der Waals surface area contributed by atoms with E-state index in [1.165, 1.54) is 6.39 Å². The summed E-state index contributed by atoms with van der Waals surface area (Å²) in [5.74, 6) is 0.836. The Hall–Kier alpha value is -0.170. The molecule has 0 fully saturated rings. The molecule has 0 amide bonds. The third kappa shape index (κ3) is 3.19. The fraction of sp³-hybridized carbons (Fsp3) is 0.364. The molecular weight excluding hydrogens is 368 g/mol. The van der Waals surface area contributed by atoms with E-state index in [1.807, 2.05) is 6.07 Å². The summed E-state index contributed by atoms with van der Waals surface area (Å²) in [6.45, 7) is 3.86.